The Hall–Kier alpha value is -6.13. The maximum absolute atomic E-state index is 15.7. The van der Waals surface area contributed by atoms with Crippen LogP contribution in [0.15, 0.2) is 126 Å². The van der Waals surface area contributed by atoms with E-state index in [2.05, 4.69) is 5.32 Å². The third-order valence-corrected chi connectivity index (χ3v) is 8.58. The van der Waals surface area contributed by atoms with Crippen LogP contribution in [0, 0.1) is 11.6 Å². The van der Waals surface area contributed by atoms with E-state index in [1.54, 1.807) is 72.2 Å². The van der Waals surface area contributed by atoms with E-state index in [9.17, 15) is 14.4 Å². The number of pyridine rings is 1. The van der Waals surface area contributed by atoms with Gasteiger partial charge in [-0.05, 0) is 55.9 Å². The Kier molecular flexibility index (Phi) is 10.9. The smallest absolute Gasteiger partial charge is 0.343 e. The zero-order chi connectivity index (χ0) is 36.8. The van der Waals surface area contributed by atoms with Crippen molar-refractivity contribution in [3.63, 3.8) is 0 Å². The fraction of sp³-hybridized carbons (Fsp3) is 0.167. The average Bonchev–Trinajstić information content (AvgIpc) is 3.12. The largest absolute Gasteiger partial charge is 0.462 e. The number of ether oxygens (including phenoxy) is 2. The van der Waals surface area contributed by atoms with Crippen molar-refractivity contribution in [2.24, 2.45) is 0 Å². The van der Waals surface area contributed by atoms with Crippen molar-refractivity contribution >= 4 is 28.5 Å². The molecule has 52 heavy (non-hydrogen) atoms. The highest BCUT2D eigenvalue weighted by Gasteiger charge is 2.29. The number of nitrogens with one attached hydrogen (secondary N) is 1. The Bertz CT molecular complexity index is 2260. The molecular formula is C42H37F2N3O5. The Labute approximate surface area is 299 Å². The maximum Gasteiger partial charge on any atom is 0.343 e. The second-order valence-corrected chi connectivity index (χ2v) is 12.3. The number of carbonyl (C=O) groups is 2. The van der Waals surface area contributed by atoms with Gasteiger partial charge in [-0.1, -0.05) is 78.9 Å². The van der Waals surface area contributed by atoms with Crippen LogP contribution in [0.3, 0.4) is 0 Å². The van der Waals surface area contributed by atoms with Gasteiger partial charge in [-0.3, -0.25) is 14.5 Å². The lowest BCUT2D eigenvalue weighted by atomic mass is 9.95. The molecule has 6 rings (SSSR count). The molecule has 0 bridgehead atoms. The minimum absolute atomic E-state index is 0.00385. The summed E-state index contributed by atoms with van der Waals surface area (Å²) in [6.07, 6.45) is 1.32. The van der Waals surface area contributed by atoms with Crippen molar-refractivity contribution in [2.45, 2.75) is 33.0 Å². The molecule has 0 aliphatic heterocycles. The number of para-hydroxylation sites is 2. The summed E-state index contributed by atoms with van der Waals surface area (Å²) >= 11 is 0. The van der Waals surface area contributed by atoms with Crippen molar-refractivity contribution in [3.8, 4) is 11.5 Å². The van der Waals surface area contributed by atoms with E-state index in [0.29, 0.717) is 29.1 Å². The predicted octanol–water partition coefficient (Wildman–Crippen LogP) is 8.48. The van der Waals surface area contributed by atoms with Gasteiger partial charge in [-0.15, -0.1) is 0 Å². The fourth-order valence-electron chi connectivity index (χ4n) is 6.36. The van der Waals surface area contributed by atoms with Gasteiger partial charge in [0.15, 0.2) is 5.75 Å². The molecule has 5 aromatic carbocycles. The van der Waals surface area contributed by atoms with Crippen LogP contribution in [-0.2, 0) is 22.6 Å². The van der Waals surface area contributed by atoms with Crippen molar-refractivity contribution in [3.05, 3.63) is 171 Å². The van der Waals surface area contributed by atoms with Gasteiger partial charge < -0.3 is 19.4 Å². The second-order valence-electron chi connectivity index (χ2n) is 12.3. The highest BCUT2D eigenvalue weighted by Crippen LogP contribution is 2.38. The molecule has 1 amide bonds. The van der Waals surface area contributed by atoms with Crippen LogP contribution in [0.5, 0.6) is 11.5 Å². The van der Waals surface area contributed by atoms with E-state index in [1.807, 2.05) is 42.3 Å². The molecular weight excluding hydrogens is 664 g/mol. The van der Waals surface area contributed by atoms with Gasteiger partial charge in [0.05, 0.1) is 29.2 Å². The zero-order valence-corrected chi connectivity index (χ0v) is 28.9. The van der Waals surface area contributed by atoms with Gasteiger partial charge in [-0.2, -0.15) is 0 Å². The van der Waals surface area contributed by atoms with Crippen LogP contribution < -0.4 is 15.5 Å². The van der Waals surface area contributed by atoms with Crippen LogP contribution in [0.2, 0.25) is 0 Å². The number of esters is 1. The predicted molar refractivity (Wildman–Crippen MR) is 197 cm³/mol. The number of amides is 1. The fourth-order valence-corrected chi connectivity index (χ4v) is 6.36. The first-order valence-electron chi connectivity index (χ1n) is 16.8. The lowest BCUT2D eigenvalue weighted by molar-refractivity contribution is -0.114. The van der Waals surface area contributed by atoms with Gasteiger partial charge in [0.1, 0.15) is 22.9 Å². The molecule has 264 valence electrons. The van der Waals surface area contributed by atoms with Gasteiger partial charge in [-0.25, -0.2) is 13.6 Å². The standard InChI is InChI=1S/C42H37F2N3O5/c1-4-51-42(50)32-26-47(40(29-16-8-10-18-33(29)43)30-17-9-11-19-34(30)44)36-22-23-37(52-38-21-13-12-20-35(38)45-27(2)48)31(39(36)41(32)49)25-46(3)24-28-14-6-5-7-15-28/h5-23,26,40H,4,24-25H2,1-3H3,(H,45,48). The first kappa shape index (κ1) is 35.7. The van der Waals surface area contributed by atoms with Gasteiger partial charge >= 0.3 is 5.97 Å². The molecule has 0 unspecified atom stereocenters. The first-order chi connectivity index (χ1) is 25.2. The van der Waals surface area contributed by atoms with Crippen LogP contribution >= 0.6 is 0 Å². The molecule has 0 radical (unpaired) electrons. The summed E-state index contributed by atoms with van der Waals surface area (Å²) in [6.45, 7) is 3.67. The monoisotopic (exact) mass is 701 g/mol. The molecule has 10 heteroatoms. The molecule has 1 N–H and O–H groups in total. The number of aromatic nitrogens is 1. The van der Waals surface area contributed by atoms with Crippen molar-refractivity contribution in [1.82, 2.24) is 9.47 Å². The Balaban J connectivity index is 1.67. The topological polar surface area (TPSA) is 89.9 Å². The molecule has 1 heterocycles. The second kappa shape index (κ2) is 15.8. The minimum Gasteiger partial charge on any atom is -0.462 e. The summed E-state index contributed by atoms with van der Waals surface area (Å²) in [5.41, 5.74) is 1.46. The summed E-state index contributed by atoms with van der Waals surface area (Å²) in [4.78, 5) is 42.2. The van der Waals surface area contributed by atoms with E-state index < -0.39 is 29.1 Å². The molecule has 0 atom stereocenters. The molecule has 0 spiro atoms. The Morgan fingerprint density at radius 2 is 1.40 bits per heavy atom. The number of anilines is 1. The number of benzene rings is 5. The van der Waals surface area contributed by atoms with Crippen LogP contribution in [0.4, 0.5) is 14.5 Å². The summed E-state index contributed by atoms with van der Waals surface area (Å²) in [5.74, 6) is -1.78. The highest BCUT2D eigenvalue weighted by molar-refractivity contribution is 5.96. The number of hydrogen-bond acceptors (Lipinski definition) is 6. The highest BCUT2D eigenvalue weighted by atomic mass is 19.1. The molecule has 0 saturated carbocycles. The lowest BCUT2D eigenvalue weighted by Gasteiger charge is -2.27. The van der Waals surface area contributed by atoms with Crippen molar-refractivity contribution < 1.29 is 27.8 Å². The summed E-state index contributed by atoms with van der Waals surface area (Å²) in [7, 11) is 1.89. The van der Waals surface area contributed by atoms with E-state index in [1.165, 1.54) is 37.4 Å². The summed E-state index contributed by atoms with van der Waals surface area (Å²) in [5, 5.41) is 2.88. The third kappa shape index (κ3) is 7.62. The number of nitrogens with zero attached hydrogens (tertiary/aromatic N) is 2. The lowest BCUT2D eigenvalue weighted by Crippen LogP contribution is -2.26. The maximum atomic E-state index is 15.7. The van der Waals surface area contributed by atoms with Gasteiger partial charge in [0.2, 0.25) is 11.3 Å². The molecule has 0 aliphatic carbocycles. The van der Waals surface area contributed by atoms with Gasteiger partial charge in [0.25, 0.3) is 0 Å². The van der Waals surface area contributed by atoms with E-state index in [4.69, 9.17) is 9.47 Å². The molecule has 0 aliphatic rings. The number of rotatable bonds is 12. The minimum atomic E-state index is -1.14. The third-order valence-electron chi connectivity index (χ3n) is 8.58. The Morgan fingerprint density at radius 1 is 0.788 bits per heavy atom. The normalized spacial score (nSPS) is 11.2. The van der Waals surface area contributed by atoms with Crippen LogP contribution in [-0.4, -0.2) is 35.0 Å². The summed E-state index contributed by atoms with van der Waals surface area (Å²) in [6, 6.07) is 30.8. The summed E-state index contributed by atoms with van der Waals surface area (Å²) < 4.78 is 44.9. The van der Waals surface area contributed by atoms with Crippen LogP contribution in [0.1, 0.15) is 52.5 Å². The molecule has 1 aromatic heterocycles. The average molecular weight is 702 g/mol. The zero-order valence-electron chi connectivity index (χ0n) is 28.9. The van der Waals surface area contributed by atoms with Gasteiger partial charge in [0, 0.05) is 42.9 Å². The SMILES string of the molecule is CCOC(=O)c1cn(C(c2ccccc2F)c2ccccc2F)c2ccc(Oc3ccccc3NC(C)=O)c(CN(C)Cc3ccccc3)c2c1=O. The first-order valence-corrected chi connectivity index (χ1v) is 16.8. The molecule has 0 fully saturated rings. The van der Waals surface area contributed by atoms with E-state index in [-0.39, 0.29) is 46.9 Å². The van der Waals surface area contributed by atoms with Crippen LogP contribution in [0.25, 0.3) is 10.9 Å². The quantitative estimate of drug-likeness (QED) is 0.129. The van der Waals surface area contributed by atoms with Crippen molar-refractivity contribution in [1.29, 1.82) is 0 Å². The molecule has 6 aromatic rings. The number of carbonyl (C=O) groups excluding carboxylic acids is 2. The molecule has 8 nitrogen and oxygen atoms in total. The number of hydrogen-bond donors (Lipinski definition) is 1. The Morgan fingerprint density at radius 3 is 2.04 bits per heavy atom. The molecule has 0 saturated heterocycles. The van der Waals surface area contributed by atoms with E-state index in [0.717, 1.165) is 5.56 Å². The number of fused-ring (bicyclic) bond motifs is 1. The van der Waals surface area contributed by atoms with Crippen molar-refractivity contribution in [2.75, 3.05) is 19.0 Å². The van der Waals surface area contributed by atoms with E-state index >= 15 is 8.78 Å². The number of halogens is 2.